The molecule has 1 aliphatic rings. The van der Waals surface area contributed by atoms with Crippen LogP contribution < -0.4 is 10.1 Å². The second kappa shape index (κ2) is 4.37. The molecule has 0 bridgehead atoms. The van der Waals surface area contributed by atoms with Crippen LogP contribution in [-0.4, -0.2) is 29.0 Å². The van der Waals surface area contributed by atoms with Crippen LogP contribution in [0.1, 0.15) is 12.8 Å². The van der Waals surface area contributed by atoms with Crippen LogP contribution in [0.3, 0.4) is 0 Å². The van der Waals surface area contributed by atoms with E-state index >= 15 is 0 Å². The summed E-state index contributed by atoms with van der Waals surface area (Å²) in [4.78, 5) is 0. The Hall–Kier alpha value is -1.55. The van der Waals surface area contributed by atoms with Gasteiger partial charge in [-0.15, -0.1) is 0 Å². The van der Waals surface area contributed by atoms with Gasteiger partial charge in [-0.2, -0.15) is 5.10 Å². The highest BCUT2D eigenvalue weighted by Crippen LogP contribution is 2.26. The molecule has 1 saturated heterocycles. The number of nitrogens with zero attached hydrogens (tertiary/aromatic N) is 2. The zero-order valence-corrected chi connectivity index (χ0v) is 10.0. The first-order valence-corrected chi connectivity index (χ1v) is 6.13. The van der Waals surface area contributed by atoms with Crippen molar-refractivity contribution >= 4 is 10.9 Å². The van der Waals surface area contributed by atoms with E-state index in [9.17, 15) is 0 Å². The molecule has 0 amide bonds. The number of benzene rings is 1. The van der Waals surface area contributed by atoms with E-state index in [4.69, 9.17) is 4.74 Å². The van der Waals surface area contributed by atoms with Gasteiger partial charge >= 0.3 is 0 Å². The summed E-state index contributed by atoms with van der Waals surface area (Å²) in [6.45, 7) is 2.10. The van der Waals surface area contributed by atoms with Crippen molar-refractivity contribution in [3.8, 4) is 5.75 Å². The minimum absolute atomic E-state index is 0.330. The normalized spacial score (nSPS) is 17.5. The number of para-hydroxylation sites is 1. The van der Waals surface area contributed by atoms with Crippen LogP contribution in [0, 0.1) is 0 Å². The predicted octanol–water partition coefficient (Wildman–Crippen LogP) is 1.70. The van der Waals surface area contributed by atoms with Crippen LogP contribution in [0.5, 0.6) is 5.75 Å². The molecular formula is C13H17N3O. The summed E-state index contributed by atoms with van der Waals surface area (Å²) in [7, 11) is 1.96. The molecule has 17 heavy (non-hydrogen) atoms. The Morgan fingerprint density at radius 1 is 1.35 bits per heavy atom. The number of ether oxygens (including phenoxy) is 1. The van der Waals surface area contributed by atoms with Crippen LogP contribution in [0.15, 0.2) is 24.4 Å². The second-order valence-electron chi connectivity index (χ2n) is 4.53. The lowest BCUT2D eigenvalue weighted by molar-refractivity contribution is 0.164. The molecule has 0 aliphatic carbocycles. The molecule has 2 aromatic rings. The summed E-state index contributed by atoms with van der Waals surface area (Å²) >= 11 is 0. The van der Waals surface area contributed by atoms with Gasteiger partial charge in [-0.1, -0.05) is 12.1 Å². The van der Waals surface area contributed by atoms with Gasteiger partial charge in [0, 0.05) is 12.4 Å². The zero-order valence-electron chi connectivity index (χ0n) is 10.0. The monoisotopic (exact) mass is 231 g/mol. The molecule has 1 N–H and O–H groups in total. The van der Waals surface area contributed by atoms with Crippen molar-refractivity contribution < 1.29 is 4.74 Å². The minimum Gasteiger partial charge on any atom is -0.488 e. The largest absolute Gasteiger partial charge is 0.488 e. The molecule has 1 aliphatic heterocycles. The fraction of sp³-hybridized carbons (Fsp3) is 0.462. The van der Waals surface area contributed by atoms with Crippen molar-refractivity contribution in [2.45, 2.75) is 18.9 Å². The van der Waals surface area contributed by atoms with Gasteiger partial charge in [-0.25, -0.2) is 0 Å². The molecule has 1 fully saturated rings. The lowest BCUT2D eigenvalue weighted by Gasteiger charge is -2.24. The summed E-state index contributed by atoms with van der Waals surface area (Å²) in [6, 6.07) is 6.13. The van der Waals surface area contributed by atoms with E-state index in [0.717, 1.165) is 42.6 Å². The Labute approximate surface area is 101 Å². The van der Waals surface area contributed by atoms with E-state index in [1.807, 2.05) is 30.1 Å². The molecule has 0 spiro atoms. The standard InChI is InChI=1S/C13H17N3O/c1-16-13-10(9-15-16)3-2-4-12(13)17-11-5-7-14-8-6-11/h2-4,9,11,14H,5-8H2,1H3. The Balaban J connectivity index is 1.91. The summed E-state index contributed by atoms with van der Waals surface area (Å²) in [5, 5.41) is 8.76. The lowest BCUT2D eigenvalue weighted by atomic mass is 10.1. The highest BCUT2D eigenvalue weighted by Gasteiger charge is 2.16. The van der Waals surface area contributed by atoms with Crippen LogP contribution in [0.2, 0.25) is 0 Å². The Bertz CT molecular complexity index is 514. The van der Waals surface area contributed by atoms with Crippen LogP contribution in [0.4, 0.5) is 0 Å². The summed E-state index contributed by atoms with van der Waals surface area (Å²) in [5.74, 6) is 0.953. The smallest absolute Gasteiger partial charge is 0.145 e. The predicted molar refractivity (Wildman–Crippen MR) is 67.2 cm³/mol. The van der Waals surface area contributed by atoms with Gasteiger partial charge in [0.2, 0.25) is 0 Å². The summed E-state index contributed by atoms with van der Waals surface area (Å²) in [5.41, 5.74) is 1.09. The topological polar surface area (TPSA) is 39.1 Å². The number of nitrogens with one attached hydrogen (secondary N) is 1. The zero-order chi connectivity index (χ0) is 11.7. The number of hydrogen-bond acceptors (Lipinski definition) is 3. The fourth-order valence-electron chi connectivity index (χ4n) is 2.38. The molecule has 1 aromatic heterocycles. The molecule has 0 saturated carbocycles. The molecule has 0 unspecified atom stereocenters. The van der Waals surface area contributed by atoms with Crippen LogP contribution >= 0.6 is 0 Å². The summed E-state index contributed by atoms with van der Waals surface area (Å²) < 4.78 is 7.99. The highest BCUT2D eigenvalue weighted by molar-refractivity contribution is 5.84. The maximum absolute atomic E-state index is 6.11. The number of rotatable bonds is 2. The number of fused-ring (bicyclic) bond motifs is 1. The average molecular weight is 231 g/mol. The first kappa shape index (κ1) is 10.6. The van der Waals surface area contributed by atoms with Gasteiger partial charge in [0.25, 0.3) is 0 Å². The molecular weight excluding hydrogens is 214 g/mol. The quantitative estimate of drug-likeness (QED) is 0.855. The van der Waals surface area contributed by atoms with E-state index in [1.165, 1.54) is 0 Å². The van der Waals surface area contributed by atoms with Crippen molar-refractivity contribution in [3.05, 3.63) is 24.4 Å². The van der Waals surface area contributed by atoms with Crippen molar-refractivity contribution in [2.75, 3.05) is 13.1 Å². The Morgan fingerprint density at radius 2 is 2.18 bits per heavy atom. The first-order chi connectivity index (χ1) is 8.34. The van der Waals surface area contributed by atoms with Gasteiger partial charge in [0.05, 0.1) is 6.20 Å². The molecule has 90 valence electrons. The van der Waals surface area contributed by atoms with Gasteiger partial charge in [-0.3, -0.25) is 4.68 Å². The van der Waals surface area contributed by atoms with Gasteiger partial charge in [-0.05, 0) is 32.0 Å². The maximum Gasteiger partial charge on any atom is 0.145 e. The van der Waals surface area contributed by atoms with Crippen LogP contribution in [-0.2, 0) is 7.05 Å². The van der Waals surface area contributed by atoms with E-state index in [0.29, 0.717) is 6.10 Å². The van der Waals surface area contributed by atoms with Gasteiger partial charge in [0.15, 0.2) is 0 Å². The third-order valence-electron chi connectivity index (χ3n) is 3.30. The SMILES string of the molecule is Cn1ncc2cccc(OC3CCNCC3)c21. The van der Waals surface area contributed by atoms with Gasteiger partial charge < -0.3 is 10.1 Å². The van der Waals surface area contributed by atoms with Crippen molar-refractivity contribution in [3.63, 3.8) is 0 Å². The average Bonchev–Trinajstić information content (AvgIpc) is 2.74. The van der Waals surface area contributed by atoms with Crippen molar-refractivity contribution in [1.82, 2.24) is 15.1 Å². The number of aryl methyl sites for hydroxylation is 1. The number of aromatic nitrogens is 2. The van der Waals surface area contributed by atoms with E-state index in [-0.39, 0.29) is 0 Å². The van der Waals surface area contributed by atoms with Crippen LogP contribution in [0.25, 0.3) is 10.9 Å². The lowest BCUT2D eigenvalue weighted by Crippen LogP contribution is -2.34. The summed E-state index contributed by atoms with van der Waals surface area (Å²) in [6.07, 6.45) is 4.37. The molecule has 0 radical (unpaired) electrons. The third kappa shape index (κ3) is 2.00. The van der Waals surface area contributed by atoms with E-state index in [1.54, 1.807) is 0 Å². The number of hydrogen-bond donors (Lipinski definition) is 1. The fourth-order valence-corrected chi connectivity index (χ4v) is 2.38. The van der Waals surface area contributed by atoms with Gasteiger partial charge in [0.1, 0.15) is 17.4 Å². The maximum atomic E-state index is 6.11. The first-order valence-electron chi connectivity index (χ1n) is 6.13. The minimum atomic E-state index is 0.330. The van der Waals surface area contributed by atoms with Crippen molar-refractivity contribution in [1.29, 1.82) is 0 Å². The second-order valence-corrected chi connectivity index (χ2v) is 4.53. The van der Waals surface area contributed by atoms with E-state index < -0.39 is 0 Å². The molecule has 2 heterocycles. The van der Waals surface area contributed by atoms with Crippen molar-refractivity contribution in [2.24, 2.45) is 7.05 Å². The highest BCUT2D eigenvalue weighted by atomic mass is 16.5. The van der Waals surface area contributed by atoms with E-state index in [2.05, 4.69) is 16.5 Å². The Kier molecular flexibility index (Phi) is 2.73. The molecule has 4 nitrogen and oxygen atoms in total. The molecule has 3 rings (SSSR count). The molecule has 4 heteroatoms. The molecule has 1 aromatic carbocycles. The molecule has 0 atom stereocenters. The third-order valence-corrected chi connectivity index (χ3v) is 3.30. The number of piperidine rings is 1. The Morgan fingerprint density at radius 3 is 3.00 bits per heavy atom.